The summed E-state index contributed by atoms with van der Waals surface area (Å²) in [5.41, 5.74) is 0. The van der Waals surface area contributed by atoms with Gasteiger partial charge in [-0.3, -0.25) is 0 Å². The van der Waals surface area contributed by atoms with Crippen molar-refractivity contribution in [1.29, 1.82) is 0 Å². The minimum absolute atomic E-state index is 0.0156. The van der Waals surface area contributed by atoms with Gasteiger partial charge < -0.3 is 9.47 Å². The molecular formula is C4H7IO2. The molecule has 1 fully saturated rings. The van der Waals surface area contributed by atoms with E-state index in [9.17, 15) is 0 Å². The molecule has 0 aromatic rings. The quantitative estimate of drug-likeness (QED) is 0.444. The molecule has 2 nitrogen and oxygen atoms in total. The van der Waals surface area contributed by atoms with Gasteiger partial charge in [0.05, 0.1) is 6.61 Å². The monoisotopic (exact) mass is 214 g/mol. The number of ether oxygens (including phenoxy) is 2. The molecule has 0 saturated carbocycles. The van der Waals surface area contributed by atoms with Gasteiger partial charge in [-0.1, -0.05) is 0 Å². The SMILES string of the molecule is CC1OCC(I)O1. The molecule has 0 aromatic heterocycles. The van der Waals surface area contributed by atoms with Crippen molar-refractivity contribution in [1.82, 2.24) is 0 Å². The minimum atomic E-state index is 0.0156. The Bertz CT molecular complexity index is 58.7. The molecule has 42 valence electrons. The Morgan fingerprint density at radius 2 is 2.43 bits per heavy atom. The summed E-state index contributed by atoms with van der Waals surface area (Å²) < 4.78 is 10.4. The molecule has 1 aliphatic heterocycles. The topological polar surface area (TPSA) is 18.5 Å². The van der Waals surface area contributed by atoms with E-state index in [4.69, 9.17) is 9.47 Å². The highest BCUT2D eigenvalue weighted by Crippen LogP contribution is 2.15. The fourth-order valence-electron chi connectivity index (χ4n) is 0.498. The third-order valence-corrected chi connectivity index (χ3v) is 1.45. The number of rotatable bonds is 0. The van der Waals surface area contributed by atoms with E-state index in [0.717, 1.165) is 6.61 Å². The van der Waals surface area contributed by atoms with Gasteiger partial charge in [0.25, 0.3) is 0 Å². The van der Waals surface area contributed by atoms with Crippen LogP contribution in [0.3, 0.4) is 0 Å². The van der Waals surface area contributed by atoms with Crippen molar-refractivity contribution in [2.45, 2.75) is 17.3 Å². The van der Waals surface area contributed by atoms with Crippen LogP contribution in [0.5, 0.6) is 0 Å². The summed E-state index contributed by atoms with van der Waals surface area (Å²) in [4.78, 5) is 0. The van der Waals surface area contributed by atoms with Crippen LogP contribution in [0.2, 0.25) is 0 Å². The predicted octanol–water partition coefficient (Wildman–Crippen LogP) is 1.14. The molecule has 0 aliphatic carbocycles. The zero-order valence-corrected chi connectivity index (χ0v) is 6.21. The molecular weight excluding hydrogens is 207 g/mol. The second-order valence-corrected chi connectivity index (χ2v) is 2.84. The van der Waals surface area contributed by atoms with Crippen molar-refractivity contribution in [2.75, 3.05) is 6.61 Å². The molecule has 0 N–H and O–H groups in total. The maximum Gasteiger partial charge on any atom is 0.156 e. The van der Waals surface area contributed by atoms with Crippen LogP contribution in [-0.4, -0.2) is 17.0 Å². The van der Waals surface area contributed by atoms with E-state index in [1.54, 1.807) is 0 Å². The molecule has 1 heterocycles. The summed E-state index contributed by atoms with van der Waals surface area (Å²) in [5.74, 6) is 0. The molecule has 0 amide bonds. The van der Waals surface area contributed by atoms with E-state index < -0.39 is 0 Å². The summed E-state index contributed by atoms with van der Waals surface area (Å²) in [5, 5.41) is 0. The van der Waals surface area contributed by atoms with Gasteiger partial charge in [-0.2, -0.15) is 0 Å². The molecule has 1 saturated heterocycles. The lowest BCUT2D eigenvalue weighted by Gasteiger charge is -1.97. The molecule has 0 radical (unpaired) electrons. The van der Waals surface area contributed by atoms with Crippen molar-refractivity contribution in [3.05, 3.63) is 0 Å². The van der Waals surface area contributed by atoms with E-state index in [1.165, 1.54) is 0 Å². The lowest BCUT2D eigenvalue weighted by atomic mass is 10.8. The van der Waals surface area contributed by atoms with Crippen LogP contribution in [0, 0.1) is 0 Å². The van der Waals surface area contributed by atoms with Gasteiger partial charge in [-0.25, -0.2) is 0 Å². The van der Waals surface area contributed by atoms with Gasteiger partial charge in [-0.15, -0.1) is 0 Å². The lowest BCUT2D eigenvalue weighted by Crippen LogP contribution is -2.00. The van der Waals surface area contributed by atoms with Crippen LogP contribution in [0.25, 0.3) is 0 Å². The first kappa shape index (κ1) is 5.78. The Labute approximate surface area is 56.3 Å². The maximum absolute atomic E-state index is 5.13. The smallest absolute Gasteiger partial charge is 0.156 e. The molecule has 1 aliphatic rings. The minimum Gasteiger partial charge on any atom is -0.349 e. The van der Waals surface area contributed by atoms with Crippen LogP contribution < -0.4 is 0 Å². The summed E-state index contributed by atoms with van der Waals surface area (Å²) >= 11 is 2.20. The predicted molar refractivity (Wildman–Crippen MR) is 34.3 cm³/mol. The molecule has 0 spiro atoms. The molecule has 0 bridgehead atoms. The third-order valence-electron chi connectivity index (χ3n) is 0.801. The Kier molecular flexibility index (Phi) is 1.88. The average molecular weight is 214 g/mol. The van der Waals surface area contributed by atoms with E-state index >= 15 is 0 Å². The van der Waals surface area contributed by atoms with Gasteiger partial charge >= 0.3 is 0 Å². The second-order valence-electron chi connectivity index (χ2n) is 1.45. The molecule has 2 unspecified atom stereocenters. The zero-order chi connectivity index (χ0) is 5.28. The highest BCUT2D eigenvalue weighted by Gasteiger charge is 2.18. The van der Waals surface area contributed by atoms with Gasteiger partial charge in [-0.05, 0) is 29.5 Å². The first-order valence-electron chi connectivity index (χ1n) is 2.20. The van der Waals surface area contributed by atoms with E-state index in [1.807, 2.05) is 6.92 Å². The van der Waals surface area contributed by atoms with Crippen molar-refractivity contribution in [2.24, 2.45) is 0 Å². The summed E-state index contributed by atoms with van der Waals surface area (Å²) in [6.07, 6.45) is 0.0156. The average Bonchev–Trinajstić information content (AvgIpc) is 1.87. The van der Waals surface area contributed by atoms with Crippen LogP contribution in [0.15, 0.2) is 0 Å². The Hall–Kier alpha value is 0.650. The summed E-state index contributed by atoms with van der Waals surface area (Å²) in [6.45, 7) is 2.64. The first-order valence-corrected chi connectivity index (χ1v) is 3.45. The number of hydrogen-bond acceptors (Lipinski definition) is 2. The number of halogens is 1. The third kappa shape index (κ3) is 1.54. The fraction of sp³-hybridized carbons (Fsp3) is 1.00. The second kappa shape index (κ2) is 2.28. The Morgan fingerprint density at radius 3 is 2.57 bits per heavy atom. The van der Waals surface area contributed by atoms with Crippen molar-refractivity contribution >= 4 is 22.6 Å². The molecule has 1 rings (SSSR count). The fourth-order valence-corrected chi connectivity index (χ4v) is 1.12. The molecule has 3 heteroatoms. The van der Waals surface area contributed by atoms with Gasteiger partial charge in [0.1, 0.15) is 4.11 Å². The van der Waals surface area contributed by atoms with Crippen LogP contribution in [0.4, 0.5) is 0 Å². The molecule has 2 atom stereocenters. The normalized spacial score (nSPS) is 42.0. The standard InChI is InChI=1S/C4H7IO2/c1-3-6-2-4(5)7-3/h3-4H,2H2,1H3. The number of hydrogen-bond donors (Lipinski definition) is 0. The highest BCUT2D eigenvalue weighted by atomic mass is 127. The number of alkyl halides is 1. The van der Waals surface area contributed by atoms with Crippen LogP contribution >= 0.6 is 22.6 Å². The van der Waals surface area contributed by atoms with Crippen molar-refractivity contribution in [3.63, 3.8) is 0 Å². The Balaban J connectivity index is 2.26. The van der Waals surface area contributed by atoms with Crippen molar-refractivity contribution in [3.8, 4) is 0 Å². The summed E-state index contributed by atoms with van der Waals surface area (Å²) in [7, 11) is 0. The largest absolute Gasteiger partial charge is 0.349 e. The maximum atomic E-state index is 5.13. The molecule has 7 heavy (non-hydrogen) atoms. The molecule has 0 aromatic carbocycles. The highest BCUT2D eigenvalue weighted by molar-refractivity contribution is 14.1. The lowest BCUT2D eigenvalue weighted by molar-refractivity contribution is -0.0277. The van der Waals surface area contributed by atoms with E-state index in [-0.39, 0.29) is 10.4 Å². The zero-order valence-electron chi connectivity index (χ0n) is 4.06. The van der Waals surface area contributed by atoms with Crippen LogP contribution in [-0.2, 0) is 9.47 Å². The first-order chi connectivity index (χ1) is 3.29. The van der Waals surface area contributed by atoms with Crippen LogP contribution in [0.1, 0.15) is 6.92 Å². The Morgan fingerprint density at radius 1 is 1.71 bits per heavy atom. The van der Waals surface area contributed by atoms with Gasteiger partial charge in [0.15, 0.2) is 6.29 Å². The summed E-state index contributed by atoms with van der Waals surface area (Å²) in [6, 6.07) is 0. The van der Waals surface area contributed by atoms with Gasteiger partial charge in [0.2, 0.25) is 0 Å². The van der Waals surface area contributed by atoms with E-state index in [0.29, 0.717) is 0 Å². The van der Waals surface area contributed by atoms with Crippen molar-refractivity contribution < 1.29 is 9.47 Å². The van der Waals surface area contributed by atoms with E-state index in [2.05, 4.69) is 22.6 Å². The van der Waals surface area contributed by atoms with Gasteiger partial charge in [0, 0.05) is 0 Å².